The molecule has 2 aliphatic rings. The lowest BCUT2D eigenvalue weighted by Gasteiger charge is -2.20. The number of carbonyl (C=O) groups excluding carboxylic acids is 1. The van der Waals surface area contributed by atoms with E-state index in [2.05, 4.69) is 22.5 Å². The van der Waals surface area contributed by atoms with Crippen molar-refractivity contribution >= 4 is 30.7 Å². The van der Waals surface area contributed by atoms with Crippen molar-refractivity contribution < 1.29 is 13.6 Å². The molecule has 120 valence electrons. The van der Waals surface area contributed by atoms with Crippen molar-refractivity contribution in [3.05, 3.63) is 0 Å². The number of nitrogens with zero attached hydrogens (tertiary/aromatic N) is 1. The third kappa shape index (κ3) is 5.68. The summed E-state index contributed by atoms with van der Waals surface area (Å²) in [6.45, 7) is 4.01. The molecule has 1 unspecified atom stereocenters. The van der Waals surface area contributed by atoms with Crippen LogP contribution < -0.4 is 10.6 Å². The van der Waals surface area contributed by atoms with Gasteiger partial charge in [0, 0.05) is 25.6 Å². The smallest absolute Gasteiger partial charge is 0.262 e. The molecule has 0 radical (unpaired) electrons. The van der Waals surface area contributed by atoms with Crippen molar-refractivity contribution in [1.82, 2.24) is 15.5 Å². The minimum Gasteiger partial charge on any atom is -0.353 e. The number of hydrogen-bond acceptors (Lipinski definition) is 3. The summed E-state index contributed by atoms with van der Waals surface area (Å²) in [5.41, 5.74) is 0. The third-order valence-electron chi connectivity index (χ3n) is 3.59. The number of hydrogen-bond donors (Lipinski definition) is 2. The van der Waals surface area contributed by atoms with Gasteiger partial charge in [-0.25, -0.2) is 8.78 Å². The first-order valence-corrected chi connectivity index (χ1v) is 6.65. The molecule has 2 N–H and O–H groups in total. The van der Waals surface area contributed by atoms with Crippen molar-refractivity contribution in [3.63, 3.8) is 0 Å². The van der Waals surface area contributed by atoms with Gasteiger partial charge in [-0.05, 0) is 19.4 Å². The Balaban J connectivity index is 0.00000180. The second-order valence-corrected chi connectivity index (χ2v) is 5.14. The number of likely N-dealkylation sites (N-methyl/N-ethyl adjacent to an activating group) is 1. The summed E-state index contributed by atoms with van der Waals surface area (Å²) in [7, 11) is 0. The van der Waals surface area contributed by atoms with Crippen LogP contribution in [0.1, 0.15) is 26.2 Å². The zero-order chi connectivity index (χ0) is 13.2. The number of alkyl halides is 2. The van der Waals surface area contributed by atoms with Gasteiger partial charge in [-0.2, -0.15) is 0 Å². The van der Waals surface area contributed by atoms with Crippen LogP contribution in [-0.4, -0.2) is 55.0 Å². The van der Waals surface area contributed by atoms with Crippen molar-refractivity contribution in [2.45, 2.75) is 44.2 Å². The minimum absolute atomic E-state index is 0. The summed E-state index contributed by atoms with van der Waals surface area (Å²) < 4.78 is 25.8. The van der Waals surface area contributed by atoms with Gasteiger partial charge < -0.3 is 5.32 Å². The number of carbonyl (C=O) groups is 1. The molecule has 1 saturated heterocycles. The zero-order valence-corrected chi connectivity index (χ0v) is 13.2. The fraction of sp³-hybridized carbons (Fsp3) is 0.917. The summed E-state index contributed by atoms with van der Waals surface area (Å²) in [5.74, 6) is -3.05. The second kappa shape index (κ2) is 8.32. The standard InChI is InChI=1S/C12H21F2N3O.2ClH/c1-2-17(9-3-4-9)6-5-15-11(18)10-7-12(13,14)8-16-10;;/h9-10,16H,2-8H2,1H3,(H,15,18);2*1H. The molecule has 0 aromatic heterocycles. The van der Waals surface area contributed by atoms with E-state index < -0.39 is 18.5 Å². The van der Waals surface area contributed by atoms with E-state index in [9.17, 15) is 13.6 Å². The topological polar surface area (TPSA) is 44.4 Å². The molecular weight excluding hydrogens is 311 g/mol. The molecule has 0 aromatic rings. The molecule has 8 heteroatoms. The number of amides is 1. The van der Waals surface area contributed by atoms with Gasteiger partial charge >= 0.3 is 0 Å². The maximum Gasteiger partial charge on any atom is 0.262 e. The number of rotatable bonds is 6. The van der Waals surface area contributed by atoms with Crippen LogP contribution in [0.25, 0.3) is 0 Å². The Kier molecular flexibility index (Phi) is 8.25. The predicted octanol–water partition coefficient (Wildman–Crippen LogP) is 1.43. The third-order valence-corrected chi connectivity index (χ3v) is 3.59. The SMILES string of the molecule is CCN(CCNC(=O)C1CC(F)(F)CN1)C1CC1.Cl.Cl. The van der Waals surface area contributed by atoms with Gasteiger partial charge in [-0.1, -0.05) is 6.92 Å². The van der Waals surface area contributed by atoms with Gasteiger partial charge in [-0.3, -0.25) is 15.0 Å². The molecular formula is C12H23Cl2F2N3O. The predicted molar refractivity (Wildman–Crippen MR) is 79.1 cm³/mol. The van der Waals surface area contributed by atoms with Gasteiger partial charge in [0.25, 0.3) is 5.92 Å². The normalized spacial score (nSPS) is 23.9. The van der Waals surface area contributed by atoms with Crippen LogP contribution in [0.2, 0.25) is 0 Å². The molecule has 1 aliphatic carbocycles. The van der Waals surface area contributed by atoms with E-state index in [1.54, 1.807) is 0 Å². The van der Waals surface area contributed by atoms with Gasteiger partial charge in [0.15, 0.2) is 0 Å². The maximum absolute atomic E-state index is 12.9. The van der Waals surface area contributed by atoms with E-state index >= 15 is 0 Å². The van der Waals surface area contributed by atoms with Crippen LogP contribution in [0, 0.1) is 0 Å². The molecule has 2 rings (SSSR count). The van der Waals surface area contributed by atoms with Crippen molar-refractivity contribution in [1.29, 1.82) is 0 Å². The first-order valence-electron chi connectivity index (χ1n) is 6.65. The average Bonchev–Trinajstić information content (AvgIpc) is 3.08. The van der Waals surface area contributed by atoms with E-state index in [-0.39, 0.29) is 37.1 Å². The van der Waals surface area contributed by atoms with Crippen molar-refractivity contribution in [2.24, 2.45) is 0 Å². The van der Waals surface area contributed by atoms with Crippen LogP contribution in [0.3, 0.4) is 0 Å². The van der Waals surface area contributed by atoms with E-state index in [0.717, 1.165) is 13.1 Å². The highest BCUT2D eigenvalue weighted by molar-refractivity contribution is 5.85. The summed E-state index contributed by atoms with van der Waals surface area (Å²) >= 11 is 0. The minimum atomic E-state index is -2.74. The Morgan fingerprint density at radius 3 is 2.50 bits per heavy atom. The van der Waals surface area contributed by atoms with Crippen LogP contribution in [-0.2, 0) is 4.79 Å². The Bertz CT molecular complexity index is 317. The second-order valence-electron chi connectivity index (χ2n) is 5.14. The van der Waals surface area contributed by atoms with Gasteiger partial charge in [0.2, 0.25) is 5.91 Å². The molecule has 0 aromatic carbocycles. The molecule has 1 heterocycles. The van der Waals surface area contributed by atoms with Crippen LogP contribution in [0.5, 0.6) is 0 Å². The average molecular weight is 334 g/mol. The molecule has 1 amide bonds. The molecule has 20 heavy (non-hydrogen) atoms. The van der Waals surface area contributed by atoms with Crippen LogP contribution >= 0.6 is 24.8 Å². The first kappa shape index (κ1) is 19.8. The molecule has 1 aliphatic heterocycles. The molecule has 1 atom stereocenters. The lowest BCUT2D eigenvalue weighted by atomic mass is 10.2. The van der Waals surface area contributed by atoms with E-state index in [0.29, 0.717) is 12.6 Å². The lowest BCUT2D eigenvalue weighted by molar-refractivity contribution is -0.123. The highest BCUT2D eigenvalue weighted by atomic mass is 35.5. The molecule has 4 nitrogen and oxygen atoms in total. The van der Waals surface area contributed by atoms with Crippen molar-refractivity contribution in [2.75, 3.05) is 26.2 Å². The van der Waals surface area contributed by atoms with E-state index in [4.69, 9.17) is 0 Å². The Hall–Kier alpha value is -0.170. The highest BCUT2D eigenvalue weighted by Gasteiger charge is 2.42. The summed E-state index contributed by atoms with van der Waals surface area (Å²) in [4.78, 5) is 14.0. The van der Waals surface area contributed by atoms with Gasteiger partial charge in [0.1, 0.15) is 0 Å². The summed E-state index contributed by atoms with van der Waals surface area (Å²) in [6, 6.07) is -0.0724. The lowest BCUT2D eigenvalue weighted by Crippen LogP contribution is -2.43. The quantitative estimate of drug-likeness (QED) is 0.772. The van der Waals surface area contributed by atoms with Crippen molar-refractivity contribution in [3.8, 4) is 0 Å². The summed E-state index contributed by atoms with van der Waals surface area (Å²) in [6.07, 6.45) is 2.08. The van der Waals surface area contributed by atoms with E-state index in [1.807, 2.05) is 0 Å². The molecule has 0 spiro atoms. The number of nitrogens with one attached hydrogen (secondary N) is 2. The Labute approximate surface area is 130 Å². The largest absolute Gasteiger partial charge is 0.353 e. The van der Waals surface area contributed by atoms with Crippen LogP contribution in [0.4, 0.5) is 8.78 Å². The fourth-order valence-corrected chi connectivity index (χ4v) is 2.39. The molecule has 2 fully saturated rings. The van der Waals surface area contributed by atoms with E-state index in [1.165, 1.54) is 12.8 Å². The van der Waals surface area contributed by atoms with Crippen LogP contribution in [0.15, 0.2) is 0 Å². The molecule has 1 saturated carbocycles. The highest BCUT2D eigenvalue weighted by Crippen LogP contribution is 2.26. The molecule has 0 bridgehead atoms. The maximum atomic E-state index is 12.9. The van der Waals surface area contributed by atoms with Gasteiger partial charge in [-0.15, -0.1) is 24.8 Å². The monoisotopic (exact) mass is 333 g/mol. The zero-order valence-electron chi connectivity index (χ0n) is 11.5. The number of halogens is 4. The summed E-state index contributed by atoms with van der Waals surface area (Å²) in [5, 5.41) is 5.29. The fourth-order valence-electron chi connectivity index (χ4n) is 2.39. The first-order chi connectivity index (χ1) is 8.52. The Morgan fingerprint density at radius 2 is 2.05 bits per heavy atom. The Morgan fingerprint density at radius 1 is 1.40 bits per heavy atom. The van der Waals surface area contributed by atoms with Gasteiger partial charge in [0.05, 0.1) is 12.6 Å².